The molecule has 1 N–H and O–H groups in total. The Balaban J connectivity index is 1.95. The van der Waals surface area contributed by atoms with Gasteiger partial charge < -0.3 is 5.32 Å². The van der Waals surface area contributed by atoms with Crippen LogP contribution in [0.3, 0.4) is 0 Å². The number of likely N-dealkylation sites (N-methyl/N-ethyl adjacent to an activating group) is 1. The molecule has 1 saturated heterocycles. The normalized spacial score (nSPS) is 33.8. The summed E-state index contributed by atoms with van der Waals surface area (Å²) < 4.78 is 0. The van der Waals surface area contributed by atoms with E-state index < -0.39 is 0 Å². The van der Waals surface area contributed by atoms with E-state index in [1.54, 1.807) is 0 Å². The molecular weight excluding hydrogens is 232 g/mol. The monoisotopic (exact) mass is 266 g/mol. The van der Waals surface area contributed by atoms with E-state index in [1.165, 1.54) is 45.2 Å². The minimum Gasteiger partial charge on any atom is -0.315 e. The predicted molar refractivity (Wildman–Crippen MR) is 83.4 cm³/mol. The first-order chi connectivity index (χ1) is 8.93. The SMILES string of the molecule is CNC1CCC(C)(C)CC1N1CCC(C(C)C)CC1. The zero-order chi connectivity index (χ0) is 14.0. The highest BCUT2D eigenvalue weighted by atomic mass is 15.2. The van der Waals surface area contributed by atoms with Crippen molar-refractivity contribution in [2.45, 2.75) is 71.9 Å². The minimum absolute atomic E-state index is 0.535. The summed E-state index contributed by atoms with van der Waals surface area (Å²) in [5.41, 5.74) is 0.535. The van der Waals surface area contributed by atoms with Crippen LogP contribution in [0.25, 0.3) is 0 Å². The fraction of sp³-hybridized carbons (Fsp3) is 1.00. The highest BCUT2D eigenvalue weighted by Crippen LogP contribution is 2.39. The van der Waals surface area contributed by atoms with Gasteiger partial charge in [0.1, 0.15) is 0 Å². The van der Waals surface area contributed by atoms with Crippen LogP contribution in [-0.2, 0) is 0 Å². The summed E-state index contributed by atoms with van der Waals surface area (Å²) in [4.78, 5) is 2.79. The standard InChI is InChI=1S/C17H34N2/c1-13(2)14-7-10-19(11-8-14)16-12-17(3,4)9-6-15(16)18-5/h13-16,18H,6-12H2,1-5H3. The topological polar surface area (TPSA) is 15.3 Å². The third-order valence-corrected chi connectivity index (χ3v) is 5.72. The fourth-order valence-corrected chi connectivity index (χ4v) is 4.19. The Hall–Kier alpha value is -0.0800. The lowest BCUT2D eigenvalue weighted by Crippen LogP contribution is -2.55. The molecule has 2 atom stereocenters. The quantitative estimate of drug-likeness (QED) is 0.841. The molecule has 0 aromatic carbocycles. The van der Waals surface area contributed by atoms with Gasteiger partial charge in [-0.15, -0.1) is 0 Å². The van der Waals surface area contributed by atoms with E-state index in [0.29, 0.717) is 11.5 Å². The van der Waals surface area contributed by atoms with E-state index in [-0.39, 0.29) is 0 Å². The lowest BCUT2D eigenvalue weighted by molar-refractivity contribution is 0.0375. The molecule has 19 heavy (non-hydrogen) atoms. The van der Waals surface area contributed by atoms with Crippen molar-refractivity contribution in [1.82, 2.24) is 10.2 Å². The summed E-state index contributed by atoms with van der Waals surface area (Å²) in [6.45, 7) is 12.3. The lowest BCUT2D eigenvalue weighted by Gasteiger charge is -2.48. The summed E-state index contributed by atoms with van der Waals surface area (Å²) in [5.74, 6) is 1.82. The zero-order valence-electron chi connectivity index (χ0n) is 13.7. The van der Waals surface area contributed by atoms with Crippen LogP contribution in [0.2, 0.25) is 0 Å². The molecule has 2 heteroatoms. The lowest BCUT2D eigenvalue weighted by atomic mass is 9.72. The summed E-state index contributed by atoms with van der Waals surface area (Å²) >= 11 is 0. The molecule has 2 rings (SSSR count). The zero-order valence-corrected chi connectivity index (χ0v) is 13.7. The second-order valence-corrected chi connectivity index (χ2v) is 7.99. The maximum Gasteiger partial charge on any atom is 0.0254 e. The number of nitrogens with one attached hydrogen (secondary N) is 1. The molecule has 1 saturated carbocycles. The van der Waals surface area contributed by atoms with Crippen LogP contribution in [0, 0.1) is 17.3 Å². The van der Waals surface area contributed by atoms with Crippen molar-refractivity contribution in [3.8, 4) is 0 Å². The van der Waals surface area contributed by atoms with Crippen LogP contribution in [-0.4, -0.2) is 37.1 Å². The molecule has 0 spiro atoms. The molecule has 1 heterocycles. The van der Waals surface area contributed by atoms with Crippen molar-refractivity contribution < 1.29 is 0 Å². The van der Waals surface area contributed by atoms with Crippen molar-refractivity contribution >= 4 is 0 Å². The molecular formula is C17H34N2. The second kappa shape index (κ2) is 6.13. The molecule has 1 aliphatic carbocycles. The number of nitrogens with zero attached hydrogens (tertiary/aromatic N) is 1. The summed E-state index contributed by atoms with van der Waals surface area (Å²) in [6, 6.07) is 1.48. The van der Waals surface area contributed by atoms with Gasteiger partial charge in [0.25, 0.3) is 0 Å². The Bertz CT molecular complexity index is 277. The Kier molecular flexibility index (Phi) is 4.94. The number of hydrogen-bond donors (Lipinski definition) is 1. The Morgan fingerprint density at radius 1 is 1.11 bits per heavy atom. The Labute approximate surface area is 120 Å². The summed E-state index contributed by atoms with van der Waals surface area (Å²) in [5, 5.41) is 3.58. The molecule has 2 unspecified atom stereocenters. The van der Waals surface area contributed by atoms with E-state index in [2.05, 4.69) is 45.0 Å². The van der Waals surface area contributed by atoms with Crippen molar-refractivity contribution in [3.63, 3.8) is 0 Å². The van der Waals surface area contributed by atoms with Gasteiger partial charge in [0.05, 0.1) is 0 Å². The average Bonchev–Trinajstić information content (AvgIpc) is 2.38. The first-order valence-corrected chi connectivity index (χ1v) is 8.34. The van der Waals surface area contributed by atoms with Crippen LogP contribution in [0.5, 0.6) is 0 Å². The molecule has 2 aliphatic rings. The second-order valence-electron chi connectivity index (χ2n) is 7.99. The maximum atomic E-state index is 3.58. The average molecular weight is 266 g/mol. The van der Waals surface area contributed by atoms with E-state index in [9.17, 15) is 0 Å². The Morgan fingerprint density at radius 2 is 1.74 bits per heavy atom. The molecule has 112 valence electrons. The van der Waals surface area contributed by atoms with Gasteiger partial charge in [0.2, 0.25) is 0 Å². The predicted octanol–water partition coefficient (Wildman–Crippen LogP) is 3.52. The molecule has 0 bridgehead atoms. The molecule has 0 aromatic heterocycles. The smallest absolute Gasteiger partial charge is 0.0254 e. The summed E-state index contributed by atoms with van der Waals surface area (Å²) in [7, 11) is 2.15. The van der Waals surface area contributed by atoms with Gasteiger partial charge in [-0.25, -0.2) is 0 Å². The van der Waals surface area contributed by atoms with Gasteiger partial charge in [0.15, 0.2) is 0 Å². The van der Waals surface area contributed by atoms with Gasteiger partial charge in [-0.2, -0.15) is 0 Å². The minimum atomic E-state index is 0.535. The highest BCUT2D eigenvalue weighted by molar-refractivity contribution is 4.95. The molecule has 0 radical (unpaired) electrons. The number of likely N-dealkylation sites (tertiary alicyclic amines) is 1. The van der Waals surface area contributed by atoms with Gasteiger partial charge in [-0.05, 0) is 69.5 Å². The third kappa shape index (κ3) is 3.72. The van der Waals surface area contributed by atoms with Crippen LogP contribution in [0.4, 0.5) is 0 Å². The van der Waals surface area contributed by atoms with E-state index in [0.717, 1.165) is 17.9 Å². The first-order valence-electron chi connectivity index (χ1n) is 8.34. The van der Waals surface area contributed by atoms with E-state index in [4.69, 9.17) is 0 Å². The van der Waals surface area contributed by atoms with Gasteiger partial charge in [-0.3, -0.25) is 4.90 Å². The van der Waals surface area contributed by atoms with Crippen molar-refractivity contribution in [3.05, 3.63) is 0 Å². The summed E-state index contributed by atoms with van der Waals surface area (Å²) in [6.07, 6.45) is 6.90. The first kappa shape index (κ1) is 15.3. The van der Waals surface area contributed by atoms with Gasteiger partial charge in [0, 0.05) is 12.1 Å². The Morgan fingerprint density at radius 3 is 2.26 bits per heavy atom. The van der Waals surface area contributed by atoms with Gasteiger partial charge in [-0.1, -0.05) is 27.7 Å². The van der Waals surface area contributed by atoms with Gasteiger partial charge >= 0.3 is 0 Å². The molecule has 0 amide bonds. The third-order valence-electron chi connectivity index (χ3n) is 5.72. The van der Waals surface area contributed by atoms with Crippen molar-refractivity contribution in [1.29, 1.82) is 0 Å². The molecule has 2 fully saturated rings. The van der Waals surface area contributed by atoms with Crippen LogP contribution in [0.15, 0.2) is 0 Å². The highest BCUT2D eigenvalue weighted by Gasteiger charge is 2.38. The number of piperidine rings is 1. The van der Waals surface area contributed by atoms with Crippen LogP contribution in [0.1, 0.15) is 59.8 Å². The molecule has 0 aromatic rings. The number of rotatable bonds is 3. The molecule has 1 aliphatic heterocycles. The van der Waals surface area contributed by atoms with Crippen molar-refractivity contribution in [2.24, 2.45) is 17.3 Å². The molecule has 2 nitrogen and oxygen atoms in total. The largest absolute Gasteiger partial charge is 0.315 e. The fourth-order valence-electron chi connectivity index (χ4n) is 4.19. The van der Waals surface area contributed by atoms with E-state index in [1.807, 2.05) is 0 Å². The van der Waals surface area contributed by atoms with E-state index >= 15 is 0 Å². The number of hydrogen-bond acceptors (Lipinski definition) is 2. The van der Waals surface area contributed by atoms with Crippen LogP contribution >= 0.6 is 0 Å². The van der Waals surface area contributed by atoms with Crippen molar-refractivity contribution in [2.75, 3.05) is 20.1 Å². The maximum absolute atomic E-state index is 3.58. The van der Waals surface area contributed by atoms with Crippen LogP contribution < -0.4 is 5.32 Å².